The number of ether oxygens (including phenoxy) is 1. The molecule has 4 nitrogen and oxygen atoms in total. The number of carbonyl (C=O) groups excluding carboxylic acids is 1. The Balaban J connectivity index is 1.56. The molecule has 1 aliphatic carbocycles. The van der Waals surface area contributed by atoms with E-state index < -0.39 is 0 Å². The van der Waals surface area contributed by atoms with Crippen LogP contribution in [-0.2, 0) is 16.1 Å². The van der Waals surface area contributed by atoms with Gasteiger partial charge in [-0.05, 0) is 37.2 Å². The van der Waals surface area contributed by atoms with Crippen LogP contribution >= 0.6 is 0 Å². The average molecular weight is 291 g/mol. The molecule has 1 amide bonds. The first-order valence-electron chi connectivity index (χ1n) is 7.80. The van der Waals surface area contributed by atoms with Gasteiger partial charge in [0.25, 0.3) is 0 Å². The summed E-state index contributed by atoms with van der Waals surface area (Å²) in [6.45, 7) is 1.27. The van der Waals surface area contributed by atoms with Gasteiger partial charge >= 0.3 is 0 Å². The third kappa shape index (κ3) is 5.86. The molecule has 2 N–H and O–H groups in total. The normalized spacial score (nSPS) is 22.0. The monoisotopic (exact) mass is 291 g/mol. The third-order valence-corrected chi connectivity index (χ3v) is 4.06. The van der Waals surface area contributed by atoms with Crippen molar-refractivity contribution in [1.29, 1.82) is 0 Å². The standard InChI is InChI=1S/C17H25NO3/c19-12-14-6-8-16(9-7-14)18-17(20)10-11-21-13-15-4-2-1-3-5-15/h1-5,14,16,19H,6-13H2,(H,18,20). The second-order valence-electron chi connectivity index (χ2n) is 5.76. The average Bonchev–Trinajstić information content (AvgIpc) is 2.53. The van der Waals surface area contributed by atoms with E-state index in [2.05, 4.69) is 5.32 Å². The minimum absolute atomic E-state index is 0.0653. The molecule has 1 aliphatic rings. The number of amides is 1. The Morgan fingerprint density at radius 2 is 1.90 bits per heavy atom. The van der Waals surface area contributed by atoms with Crippen molar-refractivity contribution in [1.82, 2.24) is 5.32 Å². The maximum atomic E-state index is 11.8. The smallest absolute Gasteiger partial charge is 0.222 e. The molecule has 0 unspecified atom stereocenters. The van der Waals surface area contributed by atoms with Crippen molar-refractivity contribution in [2.24, 2.45) is 5.92 Å². The summed E-state index contributed by atoms with van der Waals surface area (Å²) in [5.41, 5.74) is 1.13. The van der Waals surface area contributed by atoms with Gasteiger partial charge in [0.05, 0.1) is 13.2 Å². The van der Waals surface area contributed by atoms with E-state index in [0.717, 1.165) is 31.2 Å². The fourth-order valence-electron chi connectivity index (χ4n) is 2.72. The summed E-state index contributed by atoms with van der Waals surface area (Å²) in [7, 11) is 0. The van der Waals surface area contributed by atoms with Gasteiger partial charge in [-0.25, -0.2) is 0 Å². The molecule has 1 saturated carbocycles. The van der Waals surface area contributed by atoms with Gasteiger partial charge in [-0.1, -0.05) is 30.3 Å². The van der Waals surface area contributed by atoms with Gasteiger partial charge in [0.2, 0.25) is 5.91 Å². The molecule has 0 atom stereocenters. The van der Waals surface area contributed by atoms with Crippen molar-refractivity contribution < 1.29 is 14.6 Å². The van der Waals surface area contributed by atoms with Crippen molar-refractivity contribution in [3.63, 3.8) is 0 Å². The van der Waals surface area contributed by atoms with Crippen molar-refractivity contribution in [2.45, 2.75) is 44.8 Å². The number of hydrogen-bond acceptors (Lipinski definition) is 3. The topological polar surface area (TPSA) is 58.6 Å². The Morgan fingerprint density at radius 3 is 2.57 bits per heavy atom. The fraction of sp³-hybridized carbons (Fsp3) is 0.588. The first-order chi connectivity index (χ1) is 10.3. The molecule has 21 heavy (non-hydrogen) atoms. The lowest BCUT2D eigenvalue weighted by atomic mass is 9.86. The molecule has 1 aromatic carbocycles. The molecular weight excluding hydrogens is 266 g/mol. The van der Waals surface area contributed by atoms with E-state index in [1.165, 1.54) is 0 Å². The molecule has 0 radical (unpaired) electrons. The van der Waals surface area contributed by atoms with E-state index in [0.29, 0.717) is 25.6 Å². The summed E-state index contributed by atoms with van der Waals surface area (Å²) in [5.74, 6) is 0.489. The lowest BCUT2D eigenvalue weighted by Gasteiger charge is -2.27. The van der Waals surface area contributed by atoms with Crippen molar-refractivity contribution in [2.75, 3.05) is 13.2 Å². The highest BCUT2D eigenvalue weighted by Gasteiger charge is 2.21. The third-order valence-electron chi connectivity index (χ3n) is 4.06. The molecule has 1 aromatic rings. The van der Waals surface area contributed by atoms with Crippen molar-refractivity contribution in [3.05, 3.63) is 35.9 Å². The van der Waals surface area contributed by atoms with Crippen LogP contribution in [0.5, 0.6) is 0 Å². The predicted molar refractivity (Wildman–Crippen MR) is 81.7 cm³/mol. The molecule has 0 heterocycles. The van der Waals surface area contributed by atoms with Crippen LogP contribution in [0.1, 0.15) is 37.7 Å². The minimum Gasteiger partial charge on any atom is -0.396 e. The number of rotatable bonds is 7. The Labute approximate surface area is 126 Å². The van der Waals surface area contributed by atoms with Gasteiger partial charge in [0.1, 0.15) is 0 Å². The van der Waals surface area contributed by atoms with Crippen LogP contribution in [0.4, 0.5) is 0 Å². The van der Waals surface area contributed by atoms with Crippen LogP contribution in [0.3, 0.4) is 0 Å². The first-order valence-corrected chi connectivity index (χ1v) is 7.80. The highest BCUT2D eigenvalue weighted by atomic mass is 16.5. The maximum absolute atomic E-state index is 11.8. The summed E-state index contributed by atoms with van der Waals surface area (Å²) in [4.78, 5) is 11.8. The molecule has 0 saturated heterocycles. The zero-order valence-corrected chi connectivity index (χ0v) is 12.5. The SMILES string of the molecule is O=C(CCOCc1ccccc1)NC1CCC(CO)CC1. The number of aliphatic hydroxyl groups excluding tert-OH is 1. The predicted octanol–water partition coefficient (Wildman–Crippen LogP) is 2.26. The lowest BCUT2D eigenvalue weighted by molar-refractivity contribution is -0.123. The Morgan fingerprint density at radius 1 is 1.19 bits per heavy atom. The molecular formula is C17H25NO3. The summed E-state index contributed by atoms with van der Waals surface area (Å²) < 4.78 is 5.52. The molecule has 0 spiro atoms. The van der Waals surface area contributed by atoms with Crippen LogP contribution in [0.25, 0.3) is 0 Å². The fourth-order valence-corrected chi connectivity index (χ4v) is 2.72. The minimum atomic E-state index is 0.0653. The number of hydrogen-bond donors (Lipinski definition) is 2. The number of benzene rings is 1. The van der Waals surface area contributed by atoms with Crippen LogP contribution in [0, 0.1) is 5.92 Å². The largest absolute Gasteiger partial charge is 0.396 e. The highest BCUT2D eigenvalue weighted by molar-refractivity contribution is 5.76. The Kier molecular flexibility index (Phi) is 6.70. The van der Waals surface area contributed by atoms with Crippen LogP contribution < -0.4 is 5.32 Å². The van der Waals surface area contributed by atoms with E-state index in [1.54, 1.807) is 0 Å². The van der Waals surface area contributed by atoms with Gasteiger partial charge in [-0.15, -0.1) is 0 Å². The number of aliphatic hydroxyl groups is 1. The quantitative estimate of drug-likeness (QED) is 0.758. The number of carbonyl (C=O) groups is 1. The van der Waals surface area contributed by atoms with Gasteiger partial charge in [-0.2, -0.15) is 0 Å². The molecule has 4 heteroatoms. The summed E-state index contributed by atoms with van der Waals surface area (Å²) >= 11 is 0. The molecule has 0 bridgehead atoms. The molecule has 2 rings (SSSR count). The van der Waals surface area contributed by atoms with Crippen LogP contribution in [-0.4, -0.2) is 30.3 Å². The van der Waals surface area contributed by atoms with E-state index in [1.807, 2.05) is 30.3 Å². The summed E-state index contributed by atoms with van der Waals surface area (Å²) in [5, 5.41) is 12.2. The maximum Gasteiger partial charge on any atom is 0.222 e. The van der Waals surface area contributed by atoms with Crippen LogP contribution in [0.2, 0.25) is 0 Å². The van der Waals surface area contributed by atoms with E-state index in [9.17, 15) is 4.79 Å². The second-order valence-corrected chi connectivity index (χ2v) is 5.76. The Hall–Kier alpha value is -1.39. The van der Waals surface area contributed by atoms with Gasteiger partial charge in [0, 0.05) is 19.1 Å². The summed E-state index contributed by atoms with van der Waals surface area (Å²) in [6.07, 6.45) is 4.37. The van der Waals surface area contributed by atoms with Gasteiger partial charge < -0.3 is 15.2 Å². The molecule has 1 fully saturated rings. The van der Waals surface area contributed by atoms with E-state index in [4.69, 9.17) is 9.84 Å². The molecule has 116 valence electrons. The van der Waals surface area contributed by atoms with Crippen molar-refractivity contribution >= 4 is 5.91 Å². The zero-order valence-electron chi connectivity index (χ0n) is 12.5. The highest BCUT2D eigenvalue weighted by Crippen LogP contribution is 2.23. The number of nitrogens with one attached hydrogen (secondary N) is 1. The Bertz CT molecular complexity index is 413. The summed E-state index contributed by atoms with van der Waals surface area (Å²) in [6, 6.07) is 10.2. The second kappa shape index (κ2) is 8.80. The van der Waals surface area contributed by atoms with E-state index >= 15 is 0 Å². The first kappa shape index (κ1) is 16.0. The van der Waals surface area contributed by atoms with Crippen LogP contribution in [0.15, 0.2) is 30.3 Å². The molecule has 0 aromatic heterocycles. The van der Waals surface area contributed by atoms with Gasteiger partial charge in [-0.3, -0.25) is 4.79 Å². The van der Waals surface area contributed by atoms with E-state index in [-0.39, 0.29) is 18.6 Å². The van der Waals surface area contributed by atoms with Gasteiger partial charge in [0.15, 0.2) is 0 Å². The van der Waals surface area contributed by atoms with Crippen molar-refractivity contribution in [3.8, 4) is 0 Å². The molecule has 0 aliphatic heterocycles. The lowest BCUT2D eigenvalue weighted by Crippen LogP contribution is -2.38. The zero-order chi connectivity index (χ0) is 14.9.